The van der Waals surface area contributed by atoms with Crippen molar-refractivity contribution in [3.63, 3.8) is 0 Å². The molecule has 7 heteroatoms. The third kappa shape index (κ3) is 4.69. The molecule has 2 rings (SSSR count). The Morgan fingerprint density at radius 3 is 2.90 bits per heavy atom. The highest BCUT2D eigenvalue weighted by Gasteiger charge is 2.32. The van der Waals surface area contributed by atoms with Gasteiger partial charge in [-0.3, -0.25) is 0 Å². The zero-order valence-corrected chi connectivity index (χ0v) is 14.1. The quantitative estimate of drug-likeness (QED) is 0.830. The third-order valence-electron chi connectivity index (χ3n) is 3.36. The van der Waals surface area contributed by atoms with Crippen LogP contribution < -0.4 is 5.32 Å². The number of benzene rings is 1. The number of hydrogen-bond acceptors (Lipinski definition) is 3. The van der Waals surface area contributed by atoms with Crippen LogP contribution in [0, 0.1) is 0 Å². The number of halogens is 2. The number of allylic oxidation sites excluding steroid dienone is 1. The van der Waals surface area contributed by atoms with Gasteiger partial charge in [0, 0.05) is 24.7 Å². The summed E-state index contributed by atoms with van der Waals surface area (Å²) < 4.78 is 26.4. The molecule has 1 unspecified atom stereocenters. The number of hydrogen-bond donors (Lipinski definition) is 1. The van der Waals surface area contributed by atoms with Crippen LogP contribution in [0.3, 0.4) is 0 Å². The van der Waals surface area contributed by atoms with E-state index in [4.69, 9.17) is 11.6 Å². The van der Waals surface area contributed by atoms with Gasteiger partial charge in [0.15, 0.2) is 0 Å². The second kappa shape index (κ2) is 8.15. The van der Waals surface area contributed by atoms with E-state index in [1.165, 1.54) is 0 Å². The molecule has 0 radical (unpaired) electrons. The molecule has 1 saturated heterocycles. The fourth-order valence-electron chi connectivity index (χ4n) is 2.37. The van der Waals surface area contributed by atoms with Crippen molar-refractivity contribution >= 4 is 34.0 Å². The van der Waals surface area contributed by atoms with Crippen LogP contribution in [0.5, 0.6) is 0 Å². The number of piperazine rings is 1. The predicted molar refractivity (Wildman–Crippen MR) is 89.6 cm³/mol. The van der Waals surface area contributed by atoms with Crippen molar-refractivity contribution in [2.24, 2.45) is 0 Å². The van der Waals surface area contributed by atoms with Crippen LogP contribution in [0.4, 0.5) is 0 Å². The maximum atomic E-state index is 12.4. The van der Waals surface area contributed by atoms with Crippen LogP contribution in [0.15, 0.2) is 36.9 Å². The SMILES string of the molecule is C=CCCS(=O)(=O)N1CCNCC1c1cccc(Cl)c1.Cl. The second-order valence-corrected chi connectivity index (χ2v) is 7.26. The molecule has 0 amide bonds. The van der Waals surface area contributed by atoms with Gasteiger partial charge in [-0.2, -0.15) is 4.31 Å². The molecule has 0 bridgehead atoms. The minimum absolute atomic E-state index is 0. The Labute approximate surface area is 137 Å². The first-order valence-corrected chi connectivity index (χ1v) is 8.60. The monoisotopic (exact) mass is 350 g/mol. The zero-order valence-electron chi connectivity index (χ0n) is 11.7. The minimum Gasteiger partial charge on any atom is -0.313 e. The van der Waals surface area contributed by atoms with E-state index in [0.29, 0.717) is 31.1 Å². The molecule has 0 saturated carbocycles. The lowest BCUT2D eigenvalue weighted by Gasteiger charge is -2.35. The molecule has 0 aromatic heterocycles. The first-order valence-electron chi connectivity index (χ1n) is 6.61. The third-order valence-corrected chi connectivity index (χ3v) is 5.50. The summed E-state index contributed by atoms with van der Waals surface area (Å²) in [6.07, 6.45) is 2.10. The number of rotatable bonds is 5. The van der Waals surface area contributed by atoms with Gasteiger partial charge in [-0.05, 0) is 24.1 Å². The highest BCUT2D eigenvalue weighted by Crippen LogP contribution is 2.27. The molecule has 1 aromatic rings. The molecule has 1 N–H and O–H groups in total. The van der Waals surface area contributed by atoms with Gasteiger partial charge in [0.05, 0.1) is 11.8 Å². The van der Waals surface area contributed by atoms with Gasteiger partial charge < -0.3 is 5.32 Å². The minimum atomic E-state index is -3.28. The first-order chi connectivity index (χ1) is 9.54. The zero-order chi connectivity index (χ0) is 14.6. The van der Waals surface area contributed by atoms with Crippen molar-refractivity contribution in [3.05, 3.63) is 47.5 Å². The van der Waals surface area contributed by atoms with Gasteiger partial charge in [-0.1, -0.05) is 29.8 Å². The topological polar surface area (TPSA) is 49.4 Å². The molecule has 1 atom stereocenters. The Bertz CT molecular complexity index is 578. The summed E-state index contributed by atoms with van der Waals surface area (Å²) in [6.45, 7) is 5.34. The van der Waals surface area contributed by atoms with Gasteiger partial charge in [0.25, 0.3) is 0 Å². The van der Waals surface area contributed by atoms with Crippen molar-refractivity contribution in [3.8, 4) is 0 Å². The van der Waals surface area contributed by atoms with E-state index in [1.54, 1.807) is 16.4 Å². The Hall–Kier alpha value is -0.590. The van der Waals surface area contributed by atoms with Crippen molar-refractivity contribution in [2.75, 3.05) is 25.4 Å². The predicted octanol–water partition coefficient (Wildman–Crippen LogP) is 2.61. The van der Waals surface area contributed by atoms with Crippen molar-refractivity contribution in [1.29, 1.82) is 0 Å². The van der Waals surface area contributed by atoms with Gasteiger partial charge in [-0.15, -0.1) is 19.0 Å². The van der Waals surface area contributed by atoms with E-state index in [-0.39, 0.29) is 24.2 Å². The van der Waals surface area contributed by atoms with E-state index in [1.807, 2.05) is 18.2 Å². The standard InChI is InChI=1S/C14H19ClN2O2S.ClH/c1-2-3-9-20(18,19)17-8-7-16-11-14(17)12-5-4-6-13(15)10-12;/h2,4-6,10,14,16H,1,3,7-9,11H2;1H. The van der Waals surface area contributed by atoms with E-state index in [0.717, 1.165) is 5.56 Å². The van der Waals surface area contributed by atoms with Gasteiger partial charge in [0.2, 0.25) is 10.0 Å². The normalized spacial score (nSPS) is 19.8. The lowest BCUT2D eigenvalue weighted by molar-refractivity contribution is 0.271. The smallest absolute Gasteiger partial charge is 0.215 e. The maximum Gasteiger partial charge on any atom is 0.215 e. The van der Waals surface area contributed by atoms with Crippen LogP contribution in [0.25, 0.3) is 0 Å². The number of nitrogens with one attached hydrogen (secondary N) is 1. The summed E-state index contributed by atoms with van der Waals surface area (Å²) >= 11 is 6.01. The summed E-state index contributed by atoms with van der Waals surface area (Å²) in [4.78, 5) is 0. The lowest BCUT2D eigenvalue weighted by Crippen LogP contribution is -2.49. The molecule has 4 nitrogen and oxygen atoms in total. The number of nitrogens with zero attached hydrogens (tertiary/aromatic N) is 1. The Kier molecular flexibility index (Phi) is 7.16. The molecule has 1 aliphatic rings. The van der Waals surface area contributed by atoms with Gasteiger partial charge in [0.1, 0.15) is 0 Å². The Morgan fingerprint density at radius 1 is 1.48 bits per heavy atom. The lowest BCUT2D eigenvalue weighted by atomic mass is 10.1. The van der Waals surface area contributed by atoms with E-state index in [9.17, 15) is 8.42 Å². The molecule has 1 heterocycles. The maximum absolute atomic E-state index is 12.4. The van der Waals surface area contributed by atoms with Crippen molar-refractivity contribution in [2.45, 2.75) is 12.5 Å². The molecule has 21 heavy (non-hydrogen) atoms. The summed E-state index contributed by atoms with van der Waals surface area (Å²) in [6, 6.07) is 7.19. The Balaban J connectivity index is 0.00000220. The van der Waals surface area contributed by atoms with E-state index in [2.05, 4.69) is 11.9 Å². The molecular formula is C14H20Cl2N2O2S. The average molecular weight is 351 g/mol. The molecule has 1 aromatic carbocycles. The fraction of sp³-hybridized carbons (Fsp3) is 0.429. The molecule has 1 fully saturated rings. The highest BCUT2D eigenvalue weighted by molar-refractivity contribution is 7.89. The molecule has 118 valence electrons. The summed E-state index contributed by atoms with van der Waals surface area (Å²) in [7, 11) is -3.28. The van der Waals surface area contributed by atoms with Crippen molar-refractivity contribution < 1.29 is 8.42 Å². The second-order valence-electron chi connectivity index (χ2n) is 4.78. The largest absolute Gasteiger partial charge is 0.313 e. The average Bonchev–Trinajstić information content (AvgIpc) is 2.45. The van der Waals surface area contributed by atoms with Crippen molar-refractivity contribution in [1.82, 2.24) is 9.62 Å². The van der Waals surface area contributed by atoms with Crippen LogP contribution in [-0.2, 0) is 10.0 Å². The summed E-state index contributed by atoms with van der Waals surface area (Å²) in [5, 5.41) is 3.86. The molecule has 0 aliphatic carbocycles. The summed E-state index contributed by atoms with van der Waals surface area (Å²) in [5.41, 5.74) is 0.923. The van der Waals surface area contributed by atoms with Gasteiger partial charge in [-0.25, -0.2) is 8.42 Å². The van der Waals surface area contributed by atoms with Crippen LogP contribution in [0.2, 0.25) is 5.02 Å². The fourth-order valence-corrected chi connectivity index (χ4v) is 4.22. The molecular weight excluding hydrogens is 331 g/mol. The molecule has 1 aliphatic heterocycles. The molecule has 0 spiro atoms. The van der Waals surface area contributed by atoms with Crippen LogP contribution in [0.1, 0.15) is 18.0 Å². The van der Waals surface area contributed by atoms with E-state index < -0.39 is 10.0 Å². The van der Waals surface area contributed by atoms with Crippen LogP contribution in [-0.4, -0.2) is 38.1 Å². The van der Waals surface area contributed by atoms with Crippen LogP contribution >= 0.6 is 24.0 Å². The first kappa shape index (κ1) is 18.5. The summed E-state index contributed by atoms with van der Waals surface area (Å²) in [5.74, 6) is 0.105. The van der Waals surface area contributed by atoms with Gasteiger partial charge >= 0.3 is 0 Å². The Morgan fingerprint density at radius 2 is 2.24 bits per heavy atom. The highest BCUT2D eigenvalue weighted by atomic mass is 35.5. The number of sulfonamides is 1. The van der Waals surface area contributed by atoms with E-state index >= 15 is 0 Å².